The first kappa shape index (κ1) is 17.1. The molecule has 0 saturated heterocycles. The molecule has 1 atom stereocenters. The van der Waals surface area contributed by atoms with Crippen LogP contribution in [0.25, 0.3) is 0 Å². The van der Waals surface area contributed by atoms with Crippen LogP contribution < -0.4 is 20.1 Å². The molecule has 0 aliphatic carbocycles. The molecule has 0 aromatic heterocycles. The molecule has 0 bridgehead atoms. The first-order valence-electron chi connectivity index (χ1n) is 8.56. The number of rotatable bonds is 4. The summed E-state index contributed by atoms with van der Waals surface area (Å²) in [5.74, 6) is 1.71. The van der Waals surface area contributed by atoms with Gasteiger partial charge in [-0.2, -0.15) is 0 Å². The van der Waals surface area contributed by atoms with Gasteiger partial charge in [0.15, 0.2) is 11.5 Å². The van der Waals surface area contributed by atoms with E-state index >= 15 is 0 Å². The van der Waals surface area contributed by atoms with Crippen molar-refractivity contribution >= 4 is 11.7 Å². The highest BCUT2D eigenvalue weighted by atomic mass is 16.6. The molecule has 3 rings (SSSR count). The Hall–Kier alpha value is -2.69. The molecule has 132 valence electrons. The summed E-state index contributed by atoms with van der Waals surface area (Å²) in [4.78, 5) is 12.4. The third-order valence-electron chi connectivity index (χ3n) is 4.19. The summed E-state index contributed by atoms with van der Waals surface area (Å²) >= 11 is 0. The molecule has 0 fully saturated rings. The van der Waals surface area contributed by atoms with Gasteiger partial charge < -0.3 is 20.1 Å². The maximum absolute atomic E-state index is 12.4. The fourth-order valence-corrected chi connectivity index (χ4v) is 2.83. The molecule has 1 aliphatic rings. The molecule has 2 aromatic rings. The Bertz CT molecular complexity index is 741. The molecule has 5 nitrogen and oxygen atoms in total. The SMILES string of the molecule is Cc1ccc(NC(=O)N[C@@H](c2ccc3c(c2)OCCO3)C(C)C)cc1. The van der Waals surface area contributed by atoms with Crippen molar-refractivity contribution in [3.63, 3.8) is 0 Å². The van der Waals surface area contributed by atoms with Crippen LogP contribution in [0.4, 0.5) is 10.5 Å². The molecule has 2 amide bonds. The van der Waals surface area contributed by atoms with Crippen molar-refractivity contribution in [1.82, 2.24) is 5.32 Å². The van der Waals surface area contributed by atoms with Crippen LogP contribution in [0.3, 0.4) is 0 Å². The lowest BCUT2D eigenvalue weighted by Crippen LogP contribution is -2.35. The maximum atomic E-state index is 12.4. The predicted molar refractivity (Wildman–Crippen MR) is 98.3 cm³/mol. The van der Waals surface area contributed by atoms with Crippen molar-refractivity contribution in [3.8, 4) is 11.5 Å². The Morgan fingerprint density at radius 1 is 1.00 bits per heavy atom. The second-order valence-electron chi connectivity index (χ2n) is 6.59. The van der Waals surface area contributed by atoms with Crippen LogP contribution in [0.15, 0.2) is 42.5 Å². The summed E-state index contributed by atoms with van der Waals surface area (Å²) in [5.41, 5.74) is 2.92. The largest absolute Gasteiger partial charge is 0.486 e. The molecular weight excluding hydrogens is 316 g/mol. The van der Waals surface area contributed by atoms with Gasteiger partial charge in [-0.3, -0.25) is 0 Å². The number of fused-ring (bicyclic) bond motifs is 1. The molecule has 2 N–H and O–H groups in total. The number of hydrogen-bond donors (Lipinski definition) is 2. The highest BCUT2D eigenvalue weighted by Crippen LogP contribution is 2.34. The fraction of sp³-hybridized carbons (Fsp3) is 0.350. The van der Waals surface area contributed by atoms with Crippen molar-refractivity contribution < 1.29 is 14.3 Å². The smallest absolute Gasteiger partial charge is 0.319 e. The first-order chi connectivity index (χ1) is 12.0. The number of urea groups is 1. The van der Waals surface area contributed by atoms with Crippen LogP contribution >= 0.6 is 0 Å². The molecule has 25 heavy (non-hydrogen) atoms. The van der Waals surface area contributed by atoms with E-state index in [4.69, 9.17) is 9.47 Å². The maximum Gasteiger partial charge on any atom is 0.319 e. The Kier molecular flexibility index (Phi) is 5.12. The summed E-state index contributed by atoms with van der Waals surface area (Å²) in [6.45, 7) is 7.28. The van der Waals surface area contributed by atoms with Crippen molar-refractivity contribution in [1.29, 1.82) is 0 Å². The minimum absolute atomic E-state index is 0.124. The molecule has 5 heteroatoms. The van der Waals surface area contributed by atoms with Crippen molar-refractivity contribution in [2.45, 2.75) is 26.8 Å². The monoisotopic (exact) mass is 340 g/mol. The lowest BCUT2D eigenvalue weighted by Gasteiger charge is -2.25. The van der Waals surface area contributed by atoms with Crippen molar-refractivity contribution in [3.05, 3.63) is 53.6 Å². The lowest BCUT2D eigenvalue weighted by molar-refractivity contribution is 0.171. The Labute approximate surface area is 148 Å². The average Bonchev–Trinajstić information content (AvgIpc) is 2.61. The van der Waals surface area contributed by atoms with E-state index in [1.165, 1.54) is 0 Å². The van der Waals surface area contributed by atoms with Crippen LogP contribution in [0.2, 0.25) is 0 Å². The summed E-state index contributed by atoms with van der Waals surface area (Å²) < 4.78 is 11.2. The number of carbonyl (C=O) groups is 1. The van der Waals surface area contributed by atoms with E-state index in [-0.39, 0.29) is 18.0 Å². The van der Waals surface area contributed by atoms with Gasteiger partial charge in [0.1, 0.15) is 13.2 Å². The molecule has 0 radical (unpaired) electrons. The van der Waals surface area contributed by atoms with Gasteiger partial charge in [0, 0.05) is 5.69 Å². The summed E-state index contributed by atoms with van der Waals surface area (Å²) in [7, 11) is 0. The number of nitrogens with one attached hydrogen (secondary N) is 2. The second kappa shape index (κ2) is 7.47. The number of carbonyl (C=O) groups excluding carboxylic acids is 1. The third kappa shape index (κ3) is 4.24. The normalized spacial score (nSPS) is 14.1. The molecular formula is C20H24N2O3. The summed E-state index contributed by atoms with van der Waals surface area (Å²) in [6.07, 6.45) is 0. The lowest BCUT2D eigenvalue weighted by atomic mass is 9.95. The Morgan fingerprint density at radius 3 is 2.36 bits per heavy atom. The zero-order valence-corrected chi connectivity index (χ0v) is 14.8. The van der Waals surface area contributed by atoms with Crippen LogP contribution in [0.5, 0.6) is 11.5 Å². The zero-order valence-electron chi connectivity index (χ0n) is 14.8. The van der Waals surface area contributed by atoms with E-state index in [0.717, 1.165) is 28.3 Å². The number of ether oxygens (including phenoxy) is 2. The topological polar surface area (TPSA) is 59.6 Å². The first-order valence-corrected chi connectivity index (χ1v) is 8.56. The second-order valence-corrected chi connectivity index (χ2v) is 6.59. The molecule has 0 unspecified atom stereocenters. The number of hydrogen-bond acceptors (Lipinski definition) is 3. The minimum Gasteiger partial charge on any atom is -0.486 e. The average molecular weight is 340 g/mol. The predicted octanol–water partition coefficient (Wildman–Crippen LogP) is 4.29. The Morgan fingerprint density at radius 2 is 1.68 bits per heavy atom. The van der Waals surface area contributed by atoms with Gasteiger partial charge in [-0.1, -0.05) is 37.6 Å². The number of aryl methyl sites for hydroxylation is 1. The van der Waals surface area contributed by atoms with Gasteiger partial charge in [0.05, 0.1) is 6.04 Å². The van der Waals surface area contributed by atoms with Gasteiger partial charge in [-0.05, 0) is 42.7 Å². The number of benzene rings is 2. The van der Waals surface area contributed by atoms with Gasteiger partial charge in [-0.15, -0.1) is 0 Å². The molecule has 2 aromatic carbocycles. The van der Waals surface area contributed by atoms with E-state index < -0.39 is 0 Å². The highest BCUT2D eigenvalue weighted by Gasteiger charge is 2.21. The summed E-state index contributed by atoms with van der Waals surface area (Å²) in [6, 6.07) is 13.2. The Balaban J connectivity index is 1.72. The van der Waals surface area contributed by atoms with E-state index in [1.54, 1.807) is 0 Å². The molecule has 0 spiro atoms. The standard InChI is InChI=1S/C20H24N2O3/c1-13(2)19(15-6-9-17-18(12-15)25-11-10-24-17)22-20(23)21-16-7-4-14(3)5-8-16/h4-9,12-13,19H,10-11H2,1-3H3,(H2,21,22,23)/t19-/m1/s1. The van der Waals surface area contributed by atoms with E-state index in [1.807, 2.05) is 49.4 Å². The highest BCUT2D eigenvalue weighted by molar-refractivity contribution is 5.89. The third-order valence-corrected chi connectivity index (χ3v) is 4.19. The van der Waals surface area contributed by atoms with Crippen molar-refractivity contribution in [2.24, 2.45) is 5.92 Å². The van der Waals surface area contributed by atoms with E-state index in [2.05, 4.69) is 24.5 Å². The number of anilines is 1. The number of amides is 2. The van der Waals surface area contributed by atoms with Crippen LogP contribution in [0, 0.1) is 12.8 Å². The van der Waals surface area contributed by atoms with Gasteiger partial charge >= 0.3 is 6.03 Å². The van der Waals surface area contributed by atoms with E-state index in [0.29, 0.717) is 13.2 Å². The molecule has 0 saturated carbocycles. The fourth-order valence-electron chi connectivity index (χ4n) is 2.83. The van der Waals surface area contributed by atoms with Crippen LogP contribution in [-0.2, 0) is 0 Å². The molecule has 1 aliphatic heterocycles. The minimum atomic E-state index is -0.225. The van der Waals surface area contributed by atoms with Gasteiger partial charge in [-0.25, -0.2) is 4.79 Å². The van der Waals surface area contributed by atoms with E-state index in [9.17, 15) is 4.79 Å². The van der Waals surface area contributed by atoms with Crippen molar-refractivity contribution in [2.75, 3.05) is 18.5 Å². The summed E-state index contributed by atoms with van der Waals surface area (Å²) in [5, 5.41) is 5.94. The van der Waals surface area contributed by atoms with Gasteiger partial charge in [0.25, 0.3) is 0 Å². The molecule has 1 heterocycles. The quantitative estimate of drug-likeness (QED) is 0.873. The van der Waals surface area contributed by atoms with Crippen LogP contribution in [-0.4, -0.2) is 19.2 Å². The van der Waals surface area contributed by atoms with Gasteiger partial charge in [0.2, 0.25) is 0 Å². The zero-order chi connectivity index (χ0) is 17.8. The van der Waals surface area contributed by atoms with Crippen LogP contribution in [0.1, 0.15) is 31.0 Å².